The van der Waals surface area contributed by atoms with Crippen molar-refractivity contribution >= 4 is 6.98 Å². The third-order valence-electron chi connectivity index (χ3n) is 2.02. The van der Waals surface area contributed by atoms with Crippen molar-refractivity contribution in [3.05, 3.63) is 0 Å². The van der Waals surface area contributed by atoms with Gasteiger partial charge in [0.15, 0.2) is 0 Å². The Morgan fingerprint density at radius 3 is 2.50 bits per heavy atom. The summed E-state index contributed by atoms with van der Waals surface area (Å²) in [6, 6.07) is 0. The summed E-state index contributed by atoms with van der Waals surface area (Å²) in [7, 11) is 0. The number of aliphatic hydroxyl groups excluding tert-OH is 1. The molecule has 0 unspecified atom stereocenters. The fraction of sp³-hybridized carbons (Fsp3) is 1.00. The van der Waals surface area contributed by atoms with Crippen LogP contribution in [0.4, 0.5) is 12.9 Å². The van der Waals surface area contributed by atoms with E-state index >= 15 is 0 Å². The summed E-state index contributed by atoms with van der Waals surface area (Å²) in [6.45, 7) is -3.63. The summed E-state index contributed by atoms with van der Waals surface area (Å²) < 4.78 is 35.3. The average Bonchev–Trinajstić information content (AvgIpc) is 2.30. The first-order valence-corrected chi connectivity index (χ1v) is 4.09. The number of rotatable bonds is 3. The van der Waals surface area contributed by atoms with Crippen molar-refractivity contribution < 1.29 is 18.1 Å². The normalized spacial score (nSPS) is 26.5. The second-order valence-corrected chi connectivity index (χ2v) is 3.24. The maximum atomic E-state index is 11.8. The lowest BCUT2D eigenvalue weighted by atomic mass is 9.86. The molecular formula is C6H12BF3NO-. The molecule has 0 aromatic carbocycles. The molecule has 2 nitrogen and oxygen atoms in total. The Balaban J connectivity index is 2.16. The van der Waals surface area contributed by atoms with Gasteiger partial charge in [0.2, 0.25) is 0 Å². The van der Waals surface area contributed by atoms with E-state index < -0.39 is 19.4 Å². The topological polar surface area (TPSA) is 23.5 Å². The van der Waals surface area contributed by atoms with Crippen LogP contribution in [0.15, 0.2) is 0 Å². The molecule has 0 aromatic rings. The van der Waals surface area contributed by atoms with Crippen LogP contribution in [-0.4, -0.2) is 42.7 Å². The molecule has 0 saturated carbocycles. The molecule has 0 spiro atoms. The minimum atomic E-state index is -4.66. The van der Waals surface area contributed by atoms with Gasteiger partial charge >= 0.3 is 6.98 Å². The van der Waals surface area contributed by atoms with Crippen LogP contribution in [0, 0.1) is 0 Å². The van der Waals surface area contributed by atoms with E-state index in [0.29, 0.717) is 19.5 Å². The second-order valence-electron chi connectivity index (χ2n) is 3.24. The lowest BCUT2D eigenvalue weighted by Crippen LogP contribution is -2.28. The lowest BCUT2D eigenvalue weighted by Gasteiger charge is -2.19. The Labute approximate surface area is 69.4 Å². The van der Waals surface area contributed by atoms with Crippen LogP contribution in [0.3, 0.4) is 0 Å². The highest BCUT2D eigenvalue weighted by Crippen LogP contribution is 2.17. The van der Waals surface area contributed by atoms with Crippen molar-refractivity contribution in [2.75, 3.05) is 19.6 Å². The number of hydrogen-bond donors (Lipinski definition) is 1. The molecule has 0 aromatic heterocycles. The minimum absolute atomic E-state index is 0.0422. The van der Waals surface area contributed by atoms with E-state index in [0.717, 1.165) is 0 Å². The fourth-order valence-corrected chi connectivity index (χ4v) is 1.34. The summed E-state index contributed by atoms with van der Waals surface area (Å²) in [5.74, 6) is 0. The summed E-state index contributed by atoms with van der Waals surface area (Å²) in [5, 5.41) is 9.01. The maximum Gasteiger partial charge on any atom is 0.479 e. The molecule has 0 amide bonds. The average molecular weight is 182 g/mol. The van der Waals surface area contributed by atoms with Gasteiger partial charge in [0.05, 0.1) is 6.10 Å². The van der Waals surface area contributed by atoms with Crippen LogP contribution in [-0.2, 0) is 0 Å². The quantitative estimate of drug-likeness (QED) is 0.655. The van der Waals surface area contributed by atoms with Gasteiger partial charge < -0.3 is 23.0 Å². The van der Waals surface area contributed by atoms with E-state index in [1.54, 1.807) is 4.90 Å². The Morgan fingerprint density at radius 1 is 1.42 bits per heavy atom. The Kier molecular flexibility index (Phi) is 3.01. The molecule has 12 heavy (non-hydrogen) atoms. The van der Waals surface area contributed by atoms with Crippen LogP contribution < -0.4 is 0 Å². The van der Waals surface area contributed by atoms with Crippen LogP contribution in [0.25, 0.3) is 0 Å². The summed E-state index contributed by atoms with van der Waals surface area (Å²) in [5.41, 5.74) is 0. The number of halogens is 3. The standard InChI is InChI=1S/C6H12BF3NO/c8-7(9,10)2-4-11-3-1-6(12)5-11/h6,12H,1-5H2/q-1/t6-/m1/s1. The first-order valence-electron chi connectivity index (χ1n) is 4.09. The number of aliphatic hydroxyl groups is 1. The number of hydrogen-bond acceptors (Lipinski definition) is 2. The molecule has 1 aliphatic rings. The summed E-state index contributed by atoms with van der Waals surface area (Å²) >= 11 is 0. The molecule has 6 heteroatoms. The molecule has 1 fully saturated rings. The predicted molar refractivity (Wildman–Crippen MR) is 40.9 cm³/mol. The maximum absolute atomic E-state index is 11.8. The van der Waals surface area contributed by atoms with Crippen LogP contribution in [0.5, 0.6) is 0 Å². The third-order valence-corrected chi connectivity index (χ3v) is 2.02. The predicted octanol–water partition coefficient (Wildman–Crippen LogP) is 0.900. The zero-order valence-electron chi connectivity index (χ0n) is 6.72. The van der Waals surface area contributed by atoms with E-state index in [2.05, 4.69) is 0 Å². The molecule has 0 bridgehead atoms. The summed E-state index contributed by atoms with van der Waals surface area (Å²) in [4.78, 5) is 1.65. The second kappa shape index (κ2) is 3.66. The first kappa shape index (κ1) is 9.86. The van der Waals surface area contributed by atoms with Gasteiger partial charge in [-0.1, -0.05) is 6.32 Å². The lowest BCUT2D eigenvalue weighted by molar-refractivity contribution is 0.177. The number of likely N-dealkylation sites (tertiary alicyclic amines) is 1. The van der Waals surface area contributed by atoms with Crippen molar-refractivity contribution in [3.8, 4) is 0 Å². The zero-order valence-corrected chi connectivity index (χ0v) is 6.72. The molecule has 72 valence electrons. The third kappa shape index (κ3) is 3.45. The highest BCUT2D eigenvalue weighted by molar-refractivity contribution is 6.58. The van der Waals surface area contributed by atoms with E-state index in [9.17, 15) is 12.9 Å². The number of β-amino-alcohol motifs (C(OH)–C–C–N with tert-alkyl or cyclic N) is 1. The largest absolute Gasteiger partial charge is 0.479 e. The SMILES string of the molecule is O[C@@H]1CCN(CC[B-](F)(F)F)C1. The van der Waals surface area contributed by atoms with Crippen molar-refractivity contribution in [1.29, 1.82) is 0 Å². The van der Waals surface area contributed by atoms with Gasteiger partial charge in [-0.15, -0.1) is 0 Å². The Bertz CT molecular complexity index is 152. The van der Waals surface area contributed by atoms with Crippen molar-refractivity contribution in [3.63, 3.8) is 0 Å². The van der Waals surface area contributed by atoms with Crippen molar-refractivity contribution in [2.24, 2.45) is 0 Å². The summed E-state index contributed by atoms with van der Waals surface area (Å²) in [6.07, 6.45) is -0.539. The Morgan fingerprint density at radius 2 is 2.08 bits per heavy atom. The Hall–Kier alpha value is -0.225. The smallest absolute Gasteiger partial charge is 0.449 e. The minimum Gasteiger partial charge on any atom is -0.449 e. The first-order chi connectivity index (χ1) is 5.47. The van der Waals surface area contributed by atoms with Crippen LogP contribution in [0.2, 0.25) is 6.32 Å². The van der Waals surface area contributed by atoms with Gasteiger partial charge in [0, 0.05) is 13.1 Å². The molecule has 0 radical (unpaired) electrons. The molecule has 0 aliphatic carbocycles. The van der Waals surface area contributed by atoms with Gasteiger partial charge in [0.1, 0.15) is 0 Å². The molecule has 1 rings (SSSR count). The highest BCUT2D eigenvalue weighted by atomic mass is 19.4. The van der Waals surface area contributed by atoms with Gasteiger partial charge in [-0.05, 0) is 13.0 Å². The molecule has 1 N–H and O–H groups in total. The van der Waals surface area contributed by atoms with Crippen molar-refractivity contribution in [1.82, 2.24) is 4.90 Å². The highest BCUT2D eigenvalue weighted by Gasteiger charge is 2.26. The molecular weight excluding hydrogens is 170 g/mol. The van der Waals surface area contributed by atoms with Crippen LogP contribution >= 0.6 is 0 Å². The van der Waals surface area contributed by atoms with E-state index in [1.165, 1.54) is 0 Å². The zero-order chi connectivity index (χ0) is 9.19. The van der Waals surface area contributed by atoms with Crippen LogP contribution in [0.1, 0.15) is 6.42 Å². The number of nitrogens with zero attached hydrogens (tertiary/aromatic N) is 1. The van der Waals surface area contributed by atoms with E-state index in [1.807, 2.05) is 0 Å². The molecule has 1 heterocycles. The van der Waals surface area contributed by atoms with E-state index in [4.69, 9.17) is 5.11 Å². The van der Waals surface area contributed by atoms with Gasteiger partial charge in [-0.25, -0.2) is 0 Å². The van der Waals surface area contributed by atoms with Gasteiger partial charge in [-0.2, -0.15) is 0 Å². The van der Waals surface area contributed by atoms with Crippen molar-refractivity contribution in [2.45, 2.75) is 18.8 Å². The fourth-order valence-electron chi connectivity index (χ4n) is 1.34. The van der Waals surface area contributed by atoms with E-state index in [-0.39, 0.29) is 6.54 Å². The molecule has 1 atom stereocenters. The van der Waals surface area contributed by atoms with Gasteiger partial charge in [-0.3, -0.25) is 0 Å². The molecule has 1 aliphatic heterocycles. The molecule has 1 saturated heterocycles. The monoisotopic (exact) mass is 182 g/mol. The van der Waals surface area contributed by atoms with Gasteiger partial charge in [0.25, 0.3) is 0 Å².